The van der Waals surface area contributed by atoms with Crippen LogP contribution in [-0.4, -0.2) is 16.9 Å². The standard InChI is InChI=1S/C20H28O3/c1-5-18(2)10-7-14-13(12-18)15(21)11-16-19(14,3)8-6-9-20(16,4)17(22)23/h5,12,14,16H,1,6-11H2,2-4H3,(H,22,23)/t14?,16?,18-,19+,20+/m0/s1. The van der Waals surface area contributed by atoms with E-state index >= 15 is 0 Å². The molecule has 2 fully saturated rings. The van der Waals surface area contributed by atoms with E-state index in [4.69, 9.17) is 0 Å². The van der Waals surface area contributed by atoms with Crippen LogP contribution in [0.4, 0.5) is 0 Å². The molecule has 3 aliphatic rings. The van der Waals surface area contributed by atoms with Crippen LogP contribution < -0.4 is 0 Å². The molecular weight excluding hydrogens is 288 g/mol. The van der Waals surface area contributed by atoms with Gasteiger partial charge in [0.05, 0.1) is 5.41 Å². The largest absolute Gasteiger partial charge is 0.481 e. The smallest absolute Gasteiger partial charge is 0.309 e. The molecule has 0 amide bonds. The first kappa shape index (κ1) is 16.5. The third-order valence-electron chi connectivity index (χ3n) is 7.27. The fraction of sp³-hybridized carbons (Fsp3) is 0.700. The summed E-state index contributed by atoms with van der Waals surface area (Å²) in [5, 5.41) is 9.82. The van der Waals surface area contributed by atoms with Gasteiger partial charge in [0, 0.05) is 11.8 Å². The van der Waals surface area contributed by atoms with E-state index in [9.17, 15) is 14.7 Å². The first-order valence-electron chi connectivity index (χ1n) is 8.79. The lowest BCUT2D eigenvalue weighted by Gasteiger charge is -2.58. The summed E-state index contributed by atoms with van der Waals surface area (Å²) < 4.78 is 0. The van der Waals surface area contributed by atoms with Gasteiger partial charge in [0.1, 0.15) is 0 Å². The van der Waals surface area contributed by atoms with Gasteiger partial charge in [0.15, 0.2) is 5.78 Å². The molecule has 2 unspecified atom stereocenters. The van der Waals surface area contributed by atoms with Crippen molar-refractivity contribution in [3.05, 3.63) is 24.3 Å². The quantitative estimate of drug-likeness (QED) is 0.769. The number of aliphatic carboxylic acids is 1. The van der Waals surface area contributed by atoms with Gasteiger partial charge in [0.25, 0.3) is 0 Å². The SMILES string of the molecule is C=C[C@]1(C)C=C2C(=O)CC3[C@](C)(CCC[C@@]3(C)C(=O)O)C2CC1. The highest BCUT2D eigenvalue weighted by Crippen LogP contribution is 2.63. The van der Waals surface area contributed by atoms with Gasteiger partial charge in [-0.15, -0.1) is 6.58 Å². The van der Waals surface area contributed by atoms with Crippen LogP contribution in [0.3, 0.4) is 0 Å². The van der Waals surface area contributed by atoms with Gasteiger partial charge in [-0.05, 0) is 55.4 Å². The van der Waals surface area contributed by atoms with Crippen molar-refractivity contribution in [3.63, 3.8) is 0 Å². The first-order chi connectivity index (χ1) is 10.7. The zero-order valence-corrected chi connectivity index (χ0v) is 14.5. The van der Waals surface area contributed by atoms with E-state index in [0.717, 1.165) is 31.3 Å². The number of hydrogen-bond acceptors (Lipinski definition) is 2. The average Bonchev–Trinajstić information content (AvgIpc) is 2.50. The minimum Gasteiger partial charge on any atom is -0.481 e. The number of rotatable bonds is 2. The van der Waals surface area contributed by atoms with Gasteiger partial charge in [0.2, 0.25) is 0 Å². The third-order valence-corrected chi connectivity index (χ3v) is 7.27. The lowest BCUT2D eigenvalue weighted by atomic mass is 9.45. The fourth-order valence-corrected chi connectivity index (χ4v) is 5.61. The number of carboxylic acid groups (broad SMARTS) is 1. The minimum absolute atomic E-state index is 0.0519. The normalized spacial score (nSPS) is 46.4. The average molecular weight is 316 g/mol. The zero-order valence-electron chi connectivity index (χ0n) is 14.5. The van der Waals surface area contributed by atoms with Crippen LogP contribution in [0.1, 0.15) is 59.3 Å². The summed E-state index contributed by atoms with van der Waals surface area (Å²) in [5.41, 5.74) is 0.00301. The van der Waals surface area contributed by atoms with E-state index in [1.54, 1.807) is 0 Å². The van der Waals surface area contributed by atoms with Crippen molar-refractivity contribution in [1.82, 2.24) is 0 Å². The lowest BCUT2D eigenvalue weighted by Crippen LogP contribution is -2.56. The molecule has 0 aliphatic heterocycles. The Bertz CT molecular complexity index is 604. The Hall–Kier alpha value is -1.38. The molecule has 3 nitrogen and oxygen atoms in total. The van der Waals surface area contributed by atoms with Gasteiger partial charge in [-0.3, -0.25) is 9.59 Å². The molecule has 0 radical (unpaired) electrons. The molecule has 3 rings (SSSR count). The van der Waals surface area contributed by atoms with Gasteiger partial charge >= 0.3 is 5.97 Å². The predicted octanol–water partition coefficient (Wildman–Crippen LogP) is 4.39. The van der Waals surface area contributed by atoms with Crippen molar-refractivity contribution >= 4 is 11.8 Å². The number of fused-ring (bicyclic) bond motifs is 3. The molecule has 2 saturated carbocycles. The van der Waals surface area contributed by atoms with E-state index in [-0.39, 0.29) is 28.4 Å². The summed E-state index contributed by atoms with van der Waals surface area (Å²) in [6.45, 7) is 10.2. The maximum absolute atomic E-state index is 12.8. The maximum Gasteiger partial charge on any atom is 0.309 e. The zero-order chi connectivity index (χ0) is 17.0. The van der Waals surface area contributed by atoms with E-state index in [2.05, 4.69) is 26.5 Å². The highest BCUT2D eigenvalue weighted by Gasteiger charge is 2.60. The van der Waals surface area contributed by atoms with Gasteiger partial charge in [-0.1, -0.05) is 32.4 Å². The molecule has 5 atom stereocenters. The first-order valence-corrected chi connectivity index (χ1v) is 8.79. The molecule has 0 heterocycles. The van der Waals surface area contributed by atoms with E-state index in [1.807, 2.05) is 13.0 Å². The molecule has 23 heavy (non-hydrogen) atoms. The molecule has 126 valence electrons. The number of allylic oxidation sites excluding steroid dienone is 3. The van der Waals surface area contributed by atoms with Crippen molar-refractivity contribution in [3.8, 4) is 0 Å². The summed E-state index contributed by atoms with van der Waals surface area (Å²) in [6, 6.07) is 0. The van der Waals surface area contributed by atoms with Crippen molar-refractivity contribution < 1.29 is 14.7 Å². The monoisotopic (exact) mass is 316 g/mol. The Labute approximate surface area is 138 Å². The van der Waals surface area contributed by atoms with Crippen molar-refractivity contribution in [2.45, 2.75) is 59.3 Å². The highest BCUT2D eigenvalue weighted by atomic mass is 16.4. The highest BCUT2D eigenvalue weighted by molar-refractivity contribution is 5.98. The molecule has 3 aliphatic carbocycles. The third kappa shape index (κ3) is 2.23. The number of Topliss-reactive ketones (excluding diaryl/α,β-unsaturated/α-hetero) is 1. The van der Waals surface area contributed by atoms with Gasteiger partial charge in [-0.2, -0.15) is 0 Å². The predicted molar refractivity (Wildman–Crippen MR) is 89.9 cm³/mol. The van der Waals surface area contributed by atoms with Crippen LogP contribution >= 0.6 is 0 Å². The Morgan fingerprint density at radius 1 is 1.30 bits per heavy atom. The summed E-state index contributed by atoms with van der Waals surface area (Å²) in [7, 11) is 0. The molecular formula is C20H28O3. The number of hydrogen-bond donors (Lipinski definition) is 1. The Balaban J connectivity index is 2.07. The fourth-order valence-electron chi connectivity index (χ4n) is 5.61. The summed E-state index contributed by atoms with van der Waals surface area (Å²) in [4.78, 5) is 24.8. The second-order valence-corrected chi connectivity index (χ2v) is 8.66. The molecule has 0 aromatic rings. The molecule has 1 N–H and O–H groups in total. The van der Waals surface area contributed by atoms with E-state index in [0.29, 0.717) is 12.8 Å². The Morgan fingerprint density at radius 2 is 2.00 bits per heavy atom. The number of carbonyl (C=O) groups is 2. The lowest BCUT2D eigenvalue weighted by molar-refractivity contribution is -0.165. The summed E-state index contributed by atoms with van der Waals surface area (Å²) in [6.07, 6.45) is 9.06. The minimum atomic E-state index is -0.770. The Morgan fingerprint density at radius 3 is 2.61 bits per heavy atom. The topological polar surface area (TPSA) is 54.4 Å². The second-order valence-electron chi connectivity index (χ2n) is 8.66. The maximum atomic E-state index is 12.8. The molecule has 0 aromatic heterocycles. The van der Waals surface area contributed by atoms with Crippen LogP contribution in [0.25, 0.3) is 0 Å². The number of carbonyl (C=O) groups excluding carboxylic acids is 1. The summed E-state index contributed by atoms with van der Waals surface area (Å²) >= 11 is 0. The molecule has 0 saturated heterocycles. The Kier molecular flexibility index (Phi) is 3.62. The van der Waals surface area contributed by atoms with E-state index < -0.39 is 11.4 Å². The second kappa shape index (κ2) is 5.06. The van der Waals surface area contributed by atoms with E-state index in [1.165, 1.54) is 0 Å². The molecule has 0 aromatic carbocycles. The van der Waals surface area contributed by atoms with Crippen LogP contribution in [0.15, 0.2) is 24.3 Å². The van der Waals surface area contributed by atoms with Crippen molar-refractivity contribution in [1.29, 1.82) is 0 Å². The van der Waals surface area contributed by atoms with Crippen LogP contribution in [0.5, 0.6) is 0 Å². The number of ketones is 1. The molecule has 3 heteroatoms. The van der Waals surface area contributed by atoms with Crippen molar-refractivity contribution in [2.75, 3.05) is 0 Å². The molecule has 0 spiro atoms. The van der Waals surface area contributed by atoms with Crippen molar-refractivity contribution in [2.24, 2.45) is 28.1 Å². The molecule has 0 bridgehead atoms. The van der Waals surface area contributed by atoms with Crippen LogP contribution in [0.2, 0.25) is 0 Å². The van der Waals surface area contributed by atoms with Crippen LogP contribution in [-0.2, 0) is 9.59 Å². The van der Waals surface area contributed by atoms with Gasteiger partial charge < -0.3 is 5.11 Å². The number of carboxylic acids is 1. The summed E-state index contributed by atoms with van der Waals surface area (Å²) in [5.74, 6) is -0.412. The van der Waals surface area contributed by atoms with Crippen LogP contribution in [0, 0.1) is 28.1 Å². The van der Waals surface area contributed by atoms with Gasteiger partial charge in [-0.25, -0.2) is 0 Å².